The quantitative estimate of drug-likeness (QED) is 0.142. The van der Waals surface area contributed by atoms with Gasteiger partial charge in [-0.2, -0.15) is 0 Å². The molecule has 0 amide bonds. The van der Waals surface area contributed by atoms with E-state index in [0.717, 1.165) is 78.1 Å². The van der Waals surface area contributed by atoms with E-state index >= 15 is 0 Å². The summed E-state index contributed by atoms with van der Waals surface area (Å²) >= 11 is 0. The lowest BCUT2D eigenvalue weighted by molar-refractivity contribution is -0.144. The van der Waals surface area contributed by atoms with Gasteiger partial charge in [0, 0.05) is 12.2 Å². The van der Waals surface area contributed by atoms with Gasteiger partial charge in [0.25, 0.3) is 0 Å². The summed E-state index contributed by atoms with van der Waals surface area (Å²) in [5, 5.41) is 37.0. The van der Waals surface area contributed by atoms with Crippen molar-refractivity contribution in [2.24, 2.45) is 107 Å². The molecule has 8 rings (SSSR count). The summed E-state index contributed by atoms with van der Waals surface area (Å²) in [6.45, 7) is 30.8. The van der Waals surface area contributed by atoms with Crippen LogP contribution in [0.3, 0.4) is 0 Å². The van der Waals surface area contributed by atoms with Crippen LogP contribution in [-0.4, -0.2) is 45.6 Å². The van der Waals surface area contributed by atoms with Crippen molar-refractivity contribution in [3.05, 3.63) is 70.9 Å². The number of hydrogen-bond acceptors (Lipinski definition) is 4. The molecule has 4 N–H and O–H groups in total. The number of aliphatic hydroxyl groups is 2. The van der Waals surface area contributed by atoms with Crippen molar-refractivity contribution in [2.75, 3.05) is 13.2 Å². The average Bonchev–Trinajstić information content (AvgIpc) is 3.29. The molecular formula is C60H96O6. The van der Waals surface area contributed by atoms with E-state index in [4.69, 9.17) is 5.11 Å². The molecular weight excluding hydrogens is 817 g/mol. The molecule has 372 valence electrons. The van der Waals surface area contributed by atoms with Crippen LogP contribution in [0.15, 0.2) is 70.9 Å². The fraction of sp³-hybridized carbons (Fsp3) is 0.767. The summed E-state index contributed by atoms with van der Waals surface area (Å²) in [6, 6.07) is 0. The fourth-order valence-electron chi connectivity index (χ4n) is 15.0. The normalized spacial score (nSPS) is 39.0. The molecule has 0 aromatic rings. The lowest BCUT2D eigenvalue weighted by Crippen LogP contribution is -2.39. The van der Waals surface area contributed by atoms with Crippen molar-refractivity contribution in [3.8, 4) is 0 Å². The first-order chi connectivity index (χ1) is 31.3. The third kappa shape index (κ3) is 13.3. The topological polar surface area (TPSA) is 115 Å². The van der Waals surface area contributed by atoms with Gasteiger partial charge in [0.05, 0.1) is 12.5 Å². The number of carbonyl (C=O) groups is 2. The molecule has 8 aliphatic carbocycles. The van der Waals surface area contributed by atoms with Gasteiger partial charge in [0.2, 0.25) is 0 Å². The predicted octanol–water partition coefficient (Wildman–Crippen LogP) is 14.6. The molecule has 4 saturated carbocycles. The predicted molar refractivity (Wildman–Crippen MR) is 273 cm³/mol. The second kappa shape index (κ2) is 24.7. The Morgan fingerprint density at radius 1 is 0.530 bits per heavy atom. The minimum atomic E-state index is -0.820. The Kier molecular flexibility index (Phi) is 20.3. The Hall–Kier alpha value is -2.70. The van der Waals surface area contributed by atoms with Crippen molar-refractivity contribution in [1.29, 1.82) is 0 Å². The van der Waals surface area contributed by atoms with E-state index in [1.807, 2.05) is 6.92 Å². The molecule has 0 spiro atoms. The molecule has 6 nitrogen and oxygen atoms in total. The second-order valence-electron chi connectivity index (χ2n) is 23.9. The van der Waals surface area contributed by atoms with Crippen LogP contribution in [0.1, 0.15) is 172 Å². The summed E-state index contributed by atoms with van der Waals surface area (Å²) in [7, 11) is 0. The number of hydrogen-bond donors (Lipinski definition) is 4. The standard InChI is InChI=1S/C15H24O2.C15H22O2.C15H26O.C15H24O/c2*1-9-4-6-12-10(2)5-7-13(14(12)8-9)11(3)15(16)17;2*1-10-4-6-13-11(2)5-7-14(12(3)9-16)15(13)8-10/h8,10-14H,4-7H2,1-3H3,(H,16,17);8,10,12-14H,3-7H2,1-2H3,(H,16,17);8,11-16H,4-7,9H2,1-3H3;8,11,13-16H,3-7,9H2,1-2H3/t10-,11?,12+,13-,14+;10-,12+,13-,14+;11-,12?,13+,14-,15+;11-,13+,14-,15+/m1111/s1. The lowest BCUT2D eigenvalue weighted by Gasteiger charge is -2.45. The zero-order valence-electron chi connectivity index (χ0n) is 43.4. The minimum Gasteiger partial charge on any atom is -0.481 e. The number of fused-ring (bicyclic) bond motifs is 4. The van der Waals surface area contributed by atoms with Gasteiger partial charge in [-0.1, -0.05) is 114 Å². The first-order valence-electron chi connectivity index (χ1n) is 27.0. The third-order valence-electron chi connectivity index (χ3n) is 19.5. The largest absolute Gasteiger partial charge is 0.481 e. The van der Waals surface area contributed by atoms with Crippen molar-refractivity contribution in [1.82, 2.24) is 0 Å². The Bertz CT molecular complexity index is 1780. The van der Waals surface area contributed by atoms with Crippen molar-refractivity contribution in [2.45, 2.75) is 172 Å². The molecule has 8 aliphatic rings. The molecule has 4 fully saturated rings. The molecule has 0 bridgehead atoms. The number of allylic oxidation sites excluding steroid dienone is 8. The molecule has 0 heterocycles. The number of carboxylic acids is 2. The molecule has 66 heavy (non-hydrogen) atoms. The van der Waals surface area contributed by atoms with E-state index < -0.39 is 11.9 Å². The summed E-state index contributed by atoms with van der Waals surface area (Å²) in [5.74, 6) is 9.23. The van der Waals surface area contributed by atoms with Crippen LogP contribution in [0.25, 0.3) is 0 Å². The van der Waals surface area contributed by atoms with Gasteiger partial charge in [-0.05, 0) is 224 Å². The van der Waals surface area contributed by atoms with Crippen LogP contribution < -0.4 is 0 Å². The molecule has 0 saturated heterocycles. The maximum Gasteiger partial charge on any atom is 0.331 e. The first kappa shape index (κ1) is 54.2. The van der Waals surface area contributed by atoms with Gasteiger partial charge in [-0.3, -0.25) is 4.79 Å². The summed E-state index contributed by atoms with van der Waals surface area (Å²) in [6.07, 6.45) is 29.5. The Morgan fingerprint density at radius 2 is 0.879 bits per heavy atom. The molecule has 0 aliphatic heterocycles. The highest BCUT2D eigenvalue weighted by molar-refractivity contribution is 5.86. The van der Waals surface area contributed by atoms with Gasteiger partial charge in [0.1, 0.15) is 0 Å². The zero-order valence-corrected chi connectivity index (χ0v) is 43.4. The maximum absolute atomic E-state index is 11.2. The van der Waals surface area contributed by atoms with E-state index in [2.05, 4.69) is 99.8 Å². The summed E-state index contributed by atoms with van der Waals surface area (Å²) < 4.78 is 0. The zero-order chi connectivity index (χ0) is 48.6. The summed E-state index contributed by atoms with van der Waals surface area (Å²) in [5.41, 5.74) is 7.45. The van der Waals surface area contributed by atoms with E-state index in [1.54, 1.807) is 5.57 Å². The Balaban J connectivity index is 0.000000165. The SMILES string of the molecule is C=C(C(=O)O)[C@H]1CC[C@@H](C)[C@@H]2CCC(C)=C[C@@H]21.C=C(CO)[C@H]1CC[C@@H](C)[C@@H]2CCC(C)=C[C@@H]21.CC1=C[C@H]2[C@@H](CC1)[C@H](C)CC[C@@H]2C(C)C(=O)O.CC1=C[C@H]2[C@@H](CC1)[C@H](C)CC[C@@H]2C(C)CO. The molecule has 2 unspecified atom stereocenters. The third-order valence-corrected chi connectivity index (χ3v) is 19.5. The van der Waals surface area contributed by atoms with Crippen molar-refractivity contribution >= 4 is 11.9 Å². The smallest absolute Gasteiger partial charge is 0.331 e. The van der Waals surface area contributed by atoms with Crippen LogP contribution in [0.2, 0.25) is 0 Å². The van der Waals surface area contributed by atoms with Gasteiger partial charge in [-0.15, -0.1) is 0 Å². The monoisotopic (exact) mass is 913 g/mol. The average molecular weight is 913 g/mol. The summed E-state index contributed by atoms with van der Waals surface area (Å²) in [4.78, 5) is 22.3. The highest BCUT2D eigenvalue weighted by Gasteiger charge is 2.43. The van der Waals surface area contributed by atoms with Crippen LogP contribution >= 0.6 is 0 Å². The molecule has 0 radical (unpaired) electrons. The second-order valence-corrected chi connectivity index (χ2v) is 23.9. The first-order valence-corrected chi connectivity index (χ1v) is 27.0. The molecule has 6 heteroatoms. The maximum atomic E-state index is 11.2. The van der Waals surface area contributed by atoms with Crippen LogP contribution in [-0.2, 0) is 9.59 Å². The Morgan fingerprint density at radius 3 is 1.27 bits per heavy atom. The van der Waals surface area contributed by atoms with E-state index in [-0.39, 0.29) is 18.4 Å². The number of aliphatic hydroxyl groups excluding tert-OH is 2. The van der Waals surface area contributed by atoms with E-state index in [9.17, 15) is 24.9 Å². The lowest BCUT2D eigenvalue weighted by atomic mass is 9.60. The molecule has 18 atom stereocenters. The van der Waals surface area contributed by atoms with Gasteiger partial charge >= 0.3 is 11.9 Å². The fourth-order valence-corrected chi connectivity index (χ4v) is 15.0. The van der Waals surface area contributed by atoms with Crippen molar-refractivity contribution < 1.29 is 30.0 Å². The Labute approximate surface area is 403 Å². The van der Waals surface area contributed by atoms with Crippen molar-refractivity contribution in [3.63, 3.8) is 0 Å². The molecule has 0 aromatic heterocycles. The van der Waals surface area contributed by atoms with Gasteiger partial charge < -0.3 is 20.4 Å². The number of rotatable bonds is 8. The number of carboxylic acid groups (broad SMARTS) is 2. The highest BCUT2D eigenvalue weighted by atomic mass is 16.4. The van der Waals surface area contributed by atoms with Crippen LogP contribution in [0.5, 0.6) is 0 Å². The minimum absolute atomic E-state index is 0.156. The van der Waals surface area contributed by atoms with Crippen LogP contribution in [0.4, 0.5) is 0 Å². The van der Waals surface area contributed by atoms with E-state index in [0.29, 0.717) is 53.6 Å². The molecule has 0 aromatic carbocycles. The highest BCUT2D eigenvalue weighted by Crippen LogP contribution is 2.51. The van der Waals surface area contributed by atoms with Crippen LogP contribution in [0, 0.1) is 107 Å². The number of aliphatic carboxylic acids is 2. The van der Waals surface area contributed by atoms with Gasteiger partial charge in [-0.25, -0.2) is 4.79 Å². The van der Waals surface area contributed by atoms with Gasteiger partial charge in [0.15, 0.2) is 0 Å². The van der Waals surface area contributed by atoms with E-state index in [1.165, 1.54) is 100 Å².